The lowest BCUT2D eigenvalue weighted by atomic mass is 10.1. The lowest BCUT2D eigenvalue weighted by Crippen LogP contribution is -2.21. The second kappa shape index (κ2) is 6.95. The monoisotopic (exact) mass is 274 g/mol. The zero-order valence-electron chi connectivity index (χ0n) is 10.5. The van der Waals surface area contributed by atoms with E-state index in [2.05, 4.69) is 0 Å². The van der Waals surface area contributed by atoms with E-state index in [-0.39, 0.29) is 0 Å². The molecule has 0 spiro atoms. The fourth-order valence-electron chi connectivity index (χ4n) is 1.72. The predicted molar refractivity (Wildman–Crippen MR) is 76.5 cm³/mol. The van der Waals surface area contributed by atoms with E-state index >= 15 is 0 Å². The summed E-state index contributed by atoms with van der Waals surface area (Å²) in [5, 5.41) is -0.625. The first-order valence-electron chi connectivity index (χ1n) is 6.20. The molecular weight excluding hydrogens is 260 g/mol. The number of alkyl halides is 1. The highest BCUT2D eigenvalue weighted by molar-refractivity contribution is 6.30. The van der Waals surface area contributed by atoms with Gasteiger partial charge in [-0.25, -0.2) is 0 Å². The average molecular weight is 275 g/mol. The van der Waals surface area contributed by atoms with E-state index in [1.165, 1.54) is 5.56 Å². The maximum absolute atomic E-state index is 11.8. The van der Waals surface area contributed by atoms with E-state index in [4.69, 9.17) is 16.3 Å². The van der Waals surface area contributed by atoms with Crippen LogP contribution in [0.2, 0.25) is 0 Å². The number of esters is 1. The van der Waals surface area contributed by atoms with Crippen molar-refractivity contribution in [2.45, 2.75) is 18.2 Å². The largest absolute Gasteiger partial charge is 0.425 e. The molecule has 3 heteroatoms. The third-order valence-electron chi connectivity index (χ3n) is 2.75. The fourth-order valence-corrected chi connectivity index (χ4v) is 1.88. The van der Waals surface area contributed by atoms with Crippen molar-refractivity contribution in [3.8, 4) is 5.75 Å². The number of rotatable bonds is 5. The van der Waals surface area contributed by atoms with Gasteiger partial charge in [0.2, 0.25) is 0 Å². The Hall–Kier alpha value is -1.80. The highest BCUT2D eigenvalue weighted by Crippen LogP contribution is 2.14. The molecule has 0 bridgehead atoms. The number of carbonyl (C=O) groups excluding carboxylic acids is 1. The second-order valence-electron chi connectivity index (χ2n) is 4.23. The molecule has 0 fully saturated rings. The Morgan fingerprint density at radius 1 is 1.00 bits per heavy atom. The van der Waals surface area contributed by atoms with Crippen LogP contribution in [0.5, 0.6) is 5.75 Å². The van der Waals surface area contributed by atoms with Gasteiger partial charge in [0.25, 0.3) is 0 Å². The van der Waals surface area contributed by atoms with Crippen molar-refractivity contribution in [3.05, 3.63) is 66.2 Å². The molecule has 2 nitrogen and oxygen atoms in total. The van der Waals surface area contributed by atoms with Gasteiger partial charge in [-0.05, 0) is 30.5 Å². The van der Waals surface area contributed by atoms with Gasteiger partial charge in [0.05, 0.1) is 0 Å². The Kier molecular flexibility index (Phi) is 4.99. The summed E-state index contributed by atoms with van der Waals surface area (Å²) in [6.45, 7) is 0. The first-order chi connectivity index (χ1) is 9.25. The van der Waals surface area contributed by atoms with E-state index in [1.54, 1.807) is 12.1 Å². The molecule has 0 N–H and O–H groups in total. The first-order valence-corrected chi connectivity index (χ1v) is 6.64. The summed E-state index contributed by atoms with van der Waals surface area (Å²) in [4.78, 5) is 11.8. The molecule has 2 aromatic rings. The van der Waals surface area contributed by atoms with E-state index < -0.39 is 11.3 Å². The zero-order chi connectivity index (χ0) is 13.5. The van der Waals surface area contributed by atoms with Crippen LogP contribution in [-0.4, -0.2) is 11.3 Å². The minimum Gasteiger partial charge on any atom is -0.425 e. The van der Waals surface area contributed by atoms with Gasteiger partial charge in [-0.1, -0.05) is 48.5 Å². The standard InChI is InChI=1S/C16H15ClO2/c17-15(12-11-13-7-3-1-4-8-13)16(18)19-14-9-5-2-6-10-14/h1-10,15H,11-12H2/t15-/m0/s1. The molecule has 0 aromatic heterocycles. The van der Waals surface area contributed by atoms with Gasteiger partial charge >= 0.3 is 5.97 Å². The van der Waals surface area contributed by atoms with Crippen LogP contribution in [0.15, 0.2) is 60.7 Å². The molecule has 0 aliphatic rings. The molecule has 0 amide bonds. The van der Waals surface area contributed by atoms with Crippen molar-refractivity contribution in [2.75, 3.05) is 0 Å². The summed E-state index contributed by atoms with van der Waals surface area (Å²) in [5.41, 5.74) is 1.17. The van der Waals surface area contributed by atoms with E-state index in [9.17, 15) is 4.79 Å². The number of aryl methyl sites for hydroxylation is 1. The van der Waals surface area contributed by atoms with Crippen LogP contribution < -0.4 is 4.74 Å². The topological polar surface area (TPSA) is 26.3 Å². The Morgan fingerprint density at radius 2 is 1.58 bits per heavy atom. The van der Waals surface area contributed by atoms with Gasteiger partial charge in [-0.2, -0.15) is 0 Å². The lowest BCUT2D eigenvalue weighted by molar-refractivity contribution is -0.134. The average Bonchev–Trinajstić information content (AvgIpc) is 2.47. The number of benzene rings is 2. The molecule has 0 saturated heterocycles. The highest BCUT2D eigenvalue weighted by Gasteiger charge is 2.17. The maximum atomic E-state index is 11.8. The van der Waals surface area contributed by atoms with Crippen LogP contribution >= 0.6 is 11.6 Å². The fraction of sp³-hybridized carbons (Fsp3) is 0.188. The molecule has 19 heavy (non-hydrogen) atoms. The molecular formula is C16H15ClO2. The van der Waals surface area contributed by atoms with Gasteiger partial charge in [0.15, 0.2) is 0 Å². The summed E-state index contributed by atoms with van der Waals surface area (Å²) in [6.07, 6.45) is 1.33. The van der Waals surface area contributed by atoms with E-state index in [0.717, 1.165) is 6.42 Å². The minimum absolute atomic E-state index is 0.399. The highest BCUT2D eigenvalue weighted by atomic mass is 35.5. The van der Waals surface area contributed by atoms with E-state index in [1.807, 2.05) is 48.5 Å². The SMILES string of the molecule is O=C(Oc1ccccc1)[C@@H](Cl)CCc1ccccc1. The third kappa shape index (κ3) is 4.42. The Labute approximate surface area is 118 Å². The Balaban J connectivity index is 1.83. The van der Waals surface area contributed by atoms with Crippen molar-refractivity contribution >= 4 is 17.6 Å². The molecule has 0 aliphatic carbocycles. The molecule has 0 aliphatic heterocycles. The van der Waals surface area contributed by atoms with Gasteiger partial charge in [-0.15, -0.1) is 11.6 Å². The number of halogens is 1. The minimum atomic E-state index is -0.625. The van der Waals surface area contributed by atoms with Gasteiger partial charge in [-0.3, -0.25) is 4.79 Å². The zero-order valence-corrected chi connectivity index (χ0v) is 11.2. The third-order valence-corrected chi connectivity index (χ3v) is 3.14. The smallest absolute Gasteiger partial charge is 0.329 e. The van der Waals surface area contributed by atoms with Gasteiger partial charge in [0.1, 0.15) is 11.1 Å². The van der Waals surface area contributed by atoms with Crippen LogP contribution in [0, 0.1) is 0 Å². The number of carbonyl (C=O) groups is 1. The van der Waals surface area contributed by atoms with Crippen LogP contribution in [0.1, 0.15) is 12.0 Å². The van der Waals surface area contributed by atoms with Crippen molar-refractivity contribution in [1.29, 1.82) is 0 Å². The molecule has 1 atom stereocenters. The molecule has 2 aromatic carbocycles. The van der Waals surface area contributed by atoms with Crippen LogP contribution in [0.3, 0.4) is 0 Å². The number of hydrogen-bond acceptors (Lipinski definition) is 2. The van der Waals surface area contributed by atoms with Crippen LogP contribution in [0.25, 0.3) is 0 Å². The van der Waals surface area contributed by atoms with Crippen molar-refractivity contribution in [3.63, 3.8) is 0 Å². The molecule has 2 rings (SSSR count). The number of ether oxygens (including phenoxy) is 1. The first kappa shape index (κ1) is 13.6. The van der Waals surface area contributed by atoms with Crippen molar-refractivity contribution in [1.82, 2.24) is 0 Å². The van der Waals surface area contributed by atoms with Crippen molar-refractivity contribution in [2.24, 2.45) is 0 Å². The Bertz CT molecular complexity index is 511. The van der Waals surface area contributed by atoms with Gasteiger partial charge in [0, 0.05) is 0 Å². The normalized spacial score (nSPS) is 11.8. The molecule has 0 radical (unpaired) electrons. The molecule has 0 unspecified atom stereocenters. The maximum Gasteiger partial charge on any atom is 0.329 e. The van der Waals surface area contributed by atoms with E-state index in [0.29, 0.717) is 12.2 Å². The predicted octanol–water partition coefficient (Wildman–Crippen LogP) is 3.83. The Morgan fingerprint density at radius 3 is 2.21 bits per heavy atom. The quantitative estimate of drug-likeness (QED) is 0.470. The van der Waals surface area contributed by atoms with Gasteiger partial charge < -0.3 is 4.74 Å². The number of para-hydroxylation sites is 1. The second-order valence-corrected chi connectivity index (χ2v) is 4.75. The summed E-state index contributed by atoms with van der Waals surface area (Å²) < 4.78 is 5.19. The molecule has 0 heterocycles. The van der Waals surface area contributed by atoms with Crippen LogP contribution in [0.4, 0.5) is 0 Å². The van der Waals surface area contributed by atoms with Crippen LogP contribution in [-0.2, 0) is 11.2 Å². The summed E-state index contributed by atoms with van der Waals surface area (Å²) in [5.74, 6) is 0.127. The number of hydrogen-bond donors (Lipinski definition) is 0. The lowest BCUT2D eigenvalue weighted by Gasteiger charge is -2.09. The van der Waals surface area contributed by atoms with Crippen molar-refractivity contribution < 1.29 is 9.53 Å². The molecule has 0 saturated carbocycles. The summed E-state index contributed by atoms with van der Waals surface area (Å²) in [7, 11) is 0. The molecule has 98 valence electrons. The summed E-state index contributed by atoms with van der Waals surface area (Å²) >= 11 is 6.06. The summed E-state index contributed by atoms with van der Waals surface area (Å²) in [6, 6.07) is 18.9.